The zero-order chi connectivity index (χ0) is 15.4. The van der Waals surface area contributed by atoms with Crippen molar-refractivity contribution < 1.29 is 22.3 Å². The molecule has 0 heterocycles. The van der Waals surface area contributed by atoms with Gasteiger partial charge in [-0.15, -0.1) is 0 Å². The summed E-state index contributed by atoms with van der Waals surface area (Å²) in [4.78, 5) is -0.0802. The number of hydrogen-bond donors (Lipinski definition) is 4. The summed E-state index contributed by atoms with van der Waals surface area (Å²) >= 11 is 0. The van der Waals surface area contributed by atoms with Crippen molar-refractivity contribution in [2.75, 3.05) is 30.7 Å². The fourth-order valence-corrected chi connectivity index (χ4v) is 2.48. The van der Waals surface area contributed by atoms with Crippen LogP contribution in [-0.4, -0.2) is 39.1 Å². The number of aliphatic hydroxyl groups is 1. The van der Waals surface area contributed by atoms with Gasteiger partial charge in [0.25, 0.3) is 5.92 Å². The van der Waals surface area contributed by atoms with Crippen molar-refractivity contribution >= 4 is 21.4 Å². The number of rotatable bonds is 7. The van der Waals surface area contributed by atoms with Gasteiger partial charge in [0.2, 0.25) is 10.0 Å². The van der Waals surface area contributed by atoms with Gasteiger partial charge in [0, 0.05) is 6.54 Å². The molecule has 0 bridgehead atoms. The molecule has 6 nitrogen and oxygen atoms in total. The molecule has 0 saturated heterocycles. The van der Waals surface area contributed by atoms with Crippen LogP contribution in [-0.2, 0) is 10.0 Å². The van der Waals surface area contributed by atoms with Crippen LogP contribution in [0.15, 0.2) is 23.1 Å². The van der Waals surface area contributed by atoms with Gasteiger partial charge in [-0.2, -0.15) is 0 Å². The standard InChI is InChI=1S/C11H17F2N3O3S/c1-2-16-20(18,19)8-3-4-9(14)10(5-8)15-6-11(12,13)7-17/h3-5,15-17H,2,6-7,14H2,1H3. The first-order valence-electron chi connectivity index (χ1n) is 5.83. The van der Waals surface area contributed by atoms with Gasteiger partial charge in [0.15, 0.2) is 0 Å². The molecule has 5 N–H and O–H groups in total. The van der Waals surface area contributed by atoms with E-state index < -0.39 is 29.1 Å². The SMILES string of the molecule is CCNS(=O)(=O)c1ccc(N)c(NCC(F)(F)CO)c1. The first kappa shape index (κ1) is 16.6. The molecule has 0 aliphatic rings. The van der Waals surface area contributed by atoms with Crippen molar-refractivity contribution in [2.24, 2.45) is 0 Å². The molecule has 0 radical (unpaired) electrons. The molecule has 0 amide bonds. The number of anilines is 2. The van der Waals surface area contributed by atoms with Crippen molar-refractivity contribution in [1.82, 2.24) is 4.72 Å². The van der Waals surface area contributed by atoms with E-state index in [1.807, 2.05) is 0 Å². The molecule has 0 spiro atoms. The Morgan fingerprint density at radius 1 is 1.40 bits per heavy atom. The van der Waals surface area contributed by atoms with Gasteiger partial charge >= 0.3 is 0 Å². The summed E-state index contributed by atoms with van der Waals surface area (Å²) in [6.07, 6.45) is 0. The second-order valence-corrected chi connectivity index (χ2v) is 5.88. The molecule has 0 aliphatic carbocycles. The number of nitrogens with one attached hydrogen (secondary N) is 2. The highest BCUT2D eigenvalue weighted by molar-refractivity contribution is 7.89. The van der Waals surface area contributed by atoms with Crippen molar-refractivity contribution in [1.29, 1.82) is 0 Å². The lowest BCUT2D eigenvalue weighted by molar-refractivity contribution is -0.0372. The van der Waals surface area contributed by atoms with Crippen molar-refractivity contribution in [3.63, 3.8) is 0 Å². The Labute approximate surface area is 116 Å². The van der Waals surface area contributed by atoms with E-state index in [-0.39, 0.29) is 22.8 Å². The van der Waals surface area contributed by atoms with Crippen LogP contribution >= 0.6 is 0 Å². The Bertz CT molecular complexity index is 564. The molecule has 0 atom stereocenters. The molecule has 0 unspecified atom stereocenters. The van der Waals surface area contributed by atoms with Crippen LogP contribution < -0.4 is 15.8 Å². The number of aliphatic hydroxyl groups excluding tert-OH is 1. The molecule has 0 saturated carbocycles. The summed E-state index contributed by atoms with van der Waals surface area (Å²) in [5.74, 6) is -3.32. The first-order chi connectivity index (χ1) is 9.22. The molecule has 0 aromatic heterocycles. The Morgan fingerprint density at radius 3 is 2.60 bits per heavy atom. The summed E-state index contributed by atoms with van der Waals surface area (Å²) in [5, 5.41) is 10.8. The second-order valence-electron chi connectivity index (χ2n) is 4.12. The number of sulfonamides is 1. The lowest BCUT2D eigenvalue weighted by Crippen LogP contribution is -2.31. The highest BCUT2D eigenvalue weighted by Gasteiger charge is 2.27. The Kier molecular flexibility index (Phi) is 5.26. The Hall–Kier alpha value is -1.45. The maximum atomic E-state index is 12.9. The molecule has 1 aromatic carbocycles. The van der Waals surface area contributed by atoms with E-state index >= 15 is 0 Å². The first-order valence-corrected chi connectivity index (χ1v) is 7.32. The number of halogens is 2. The number of benzene rings is 1. The van der Waals surface area contributed by atoms with E-state index in [0.29, 0.717) is 0 Å². The van der Waals surface area contributed by atoms with Gasteiger partial charge in [0.1, 0.15) is 6.61 Å². The molecule has 0 aliphatic heterocycles. The highest BCUT2D eigenvalue weighted by Crippen LogP contribution is 2.24. The fourth-order valence-electron chi connectivity index (χ4n) is 1.41. The molecule has 20 heavy (non-hydrogen) atoms. The maximum absolute atomic E-state index is 12.9. The van der Waals surface area contributed by atoms with Gasteiger partial charge in [-0.3, -0.25) is 0 Å². The topological polar surface area (TPSA) is 104 Å². The quantitative estimate of drug-likeness (QED) is 0.552. The third kappa shape index (κ3) is 4.29. The number of hydrogen-bond acceptors (Lipinski definition) is 5. The van der Waals surface area contributed by atoms with E-state index in [1.54, 1.807) is 6.92 Å². The zero-order valence-electron chi connectivity index (χ0n) is 10.9. The molecule has 1 aromatic rings. The van der Waals surface area contributed by atoms with E-state index in [1.165, 1.54) is 18.2 Å². The maximum Gasteiger partial charge on any atom is 0.287 e. The smallest absolute Gasteiger partial charge is 0.287 e. The normalized spacial score (nSPS) is 12.4. The van der Waals surface area contributed by atoms with Crippen LogP contribution in [0.1, 0.15) is 6.92 Å². The van der Waals surface area contributed by atoms with Crippen molar-refractivity contribution in [3.8, 4) is 0 Å². The molecular formula is C11H17F2N3O3S. The predicted molar refractivity (Wildman–Crippen MR) is 72.2 cm³/mol. The summed E-state index contributed by atoms with van der Waals surface area (Å²) in [6.45, 7) is -0.332. The summed E-state index contributed by atoms with van der Waals surface area (Å²) in [6, 6.07) is 3.76. The summed E-state index contributed by atoms with van der Waals surface area (Å²) in [5.41, 5.74) is 5.79. The third-order valence-corrected chi connectivity index (χ3v) is 3.98. The lowest BCUT2D eigenvalue weighted by Gasteiger charge is -2.16. The van der Waals surface area contributed by atoms with Gasteiger partial charge in [-0.1, -0.05) is 6.92 Å². The van der Waals surface area contributed by atoms with Gasteiger partial charge in [-0.25, -0.2) is 21.9 Å². The largest absolute Gasteiger partial charge is 0.397 e. The number of nitrogens with two attached hydrogens (primary N) is 1. The minimum atomic E-state index is -3.69. The van der Waals surface area contributed by atoms with Gasteiger partial charge in [-0.05, 0) is 18.2 Å². The van der Waals surface area contributed by atoms with Crippen LogP contribution in [0.3, 0.4) is 0 Å². The minimum Gasteiger partial charge on any atom is -0.397 e. The second kappa shape index (κ2) is 6.33. The monoisotopic (exact) mass is 309 g/mol. The molecular weight excluding hydrogens is 292 g/mol. The summed E-state index contributed by atoms with van der Waals surface area (Å²) < 4.78 is 51.7. The van der Waals surface area contributed by atoms with Crippen LogP contribution in [0.4, 0.5) is 20.2 Å². The van der Waals surface area contributed by atoms with Crippen LogP contribution in [0.25, 0.3) is 0 Å². The molecule has 0 fully saturated rings. The average Bonchev–Trinajstić information content (AvgIpc) is 2.37. The van der Waals surface area contributed by atoms with Crippen LogP contribution in [0.2, 0.25) is 0 Å². The number of alkyl halides is 2. The molecule has 114 valence electrons. The Morgan fingerprint density at radius 2 is 2.05 bits per heavy atom. The fraction of sp³-hybridized carbons (Fsp3) is 0.455. The molecule has 1 rings (SSSR count). The van der Waals surface area contributed by atoms with Gasteiger partial charge < -0.3 is 16.2 Å². The van der Waals surface area contributed by atoms with E-state index in [4.69, 9.17) is 10.8 Å². The van der Waals surface area contributed by atoms with Crippen LogP contribution in [0, 0.1) is 0 Å². The van der Waals surface area contributed by atoms with E-state index in [2.05, 4.69) is 10.0 Å². The minimum absolute atomic E-state index is 0.0668. The summed E-state index contributed by atoms with van der Waals surface area (Å²) in [7, 11) is -3.69. The lowest BCUT2D eigenvalue weighted by atomic mass is 10.2. The number of nitrogen functional groups attached to an aromatic ring is 1. The van der Waals surface area contributed by atoms with Crippen LogP contribution in [0.5, 0.6) is 0 Å². The van der Waals surface area contributed by atoms with E-state index in [0.717, 1.165) is 0 Å². The zero-order valence-corrected chi connectivity index (χ0v) is 11.7. The third-order valence-electron chi connectivity index (χ3n) is 2.44. The van der Waals surface area contributed by atoms with Gasteiger partial charge in [0.05, 0.1) is 22.8 Å². The predicted octanol–water partition coefficient (Wildman–Crippen LogP) is 0.606. The van der Waals surface area contributed by atoms with E-state index in [9.17, 15) is 17.2 Å². The van der Waals surface area contributed by atoms with Crippen molar-refractivity contribution in [2.45, 2.75) is 17.7 Å². The Balaban J connectivity index is 2.98. The molecule has 9 heteroatoms. The average molecular weight is 309 g/mol. The highest BCUT2D eigenvalue weighted by atomic mass is 32.2. The van der Waals surface area contributed by atoms with Crippen molar-refractivity contribution in [3.05, 3.63) is 18.2 Å².